The van der Waals surface area contributed by atoms with Crippen molar-refractivity contribution in [3.63, 3.8) is 0 Å². The molecule has 0 aliphatic heterocycles. The summed E-state index contributed by atoms with van der Waals surface area (Å²) < 4.78 is 10.2. The lowest BCUT2D eigenvalue weighted by atomic mass is 10.1. The van der Waals surface area contributed by atoms with Gasteiger partial charge < -0.3 is 9.26 Å². The highest BCUT2D eigenvalue weighted by Crippen LogP contribution is 2.16. The monoisotopic (exact) mass is 295 g/mol. The van der Waals surface area contributed by atoms with Gasteiger partial charge in [-0.05, 0) is 19.1 Å². The van der Waals surface area contributed by atoms with Crippen molar-refractivity contribution >= 4 is 5.97 Å². The van der Waals surface area contributed by atoms with Crippen LogP contribution in [0.4, 0.5) is 0 Å². The minimum atomic E-state index is -0.461. The summed E-state index contributed by atoms with van der Waals surface area (Å²) in [7, 11) is 0. The van der Waals surface area contributed by atoms with Crippen molar-refractivity contribution in [3.8, 4) is 11.4 Å². The van der Waals surface area contributed by atoms with Gasteiger partial charge in [0.2, 0.25) is 5.82 Å². The molecular formula is C16H13N3O3. The predicted octanol–water partition coefficient (Wildman–Crippen LogP) is 2.80. The van der Waals surface area contributed by atoms with Crippen molar-refractivity contribution in [2.24, 2.45) is 0 Å². The Morgan fingerprint density at radius 2 is 1.86 bits per heavy atom. The largest absolute Gasteiger partial charge is 0.452 e. The number of carbonyl (C=O) groups is 1. The first-order valence-corrected chi connectivity index (χ1v) is 6.69. The van der Waals surface area contributed by atoms with Gasteiger partial charge in [0.05, 0.1) is 5.56 Å². The summed E-state index contributed by atoms with van der Waals surface area (Å²) in [4.78, 5) is 19.8. The van der Waals surface area contributed by atoms with Crippen LogP contribution in [0.15, 0.2) is 53.3 Å². The molecule has 0 fully saturated rings. The van der Waals surface area contributed by atoms with E-state index in [1.54, 1.807) is 12.1 Å². The Bertz CT molecular complexity index is 767. The number of benzene rings is 1. The summed E-state index contributed by atoms with van der Waals surface area (Å²) >= 11 is 0. The van der Waals surface area contributed by atoms with Crippen LogP contribution in [0.5, 0.6) is 0 Å². The topological polar surface area (TPSA) is 78.1 Å². The number of ether oxygens (including phenoxy) is 1. The zero-order chi connectivity index (χ0) is 15.4. The molecule has 0 N–H and O–H groups in total. The fourth-order valence-corrected chi connectivity index (χ4v) is 1.83. The van der Waals surface area contributed by atoms with Gasteiger partial charge in [-0.1, -0.05) is 35.0 Å². The van der Waals surface area contributed by atoms with Crippen molar-refractivity contribution in [1.29, 1.82) is 0 Å². The smallest absolute Gasteiger partial charge is 0.338 e. The molecule has 110 valence electrons. The molecule has 0 radical (unpaired) electrons. The molecule has 6 heteroatoms. The van der Waals surface area contributed by atoms with Gasteiger partial charge in [-0.3, -0.25) is 4.98 Å². The van der Waals surface area contributed by atoms with Gasteiger partial charge in [-0.25, -0.2) is 4.79 Å². The van der Waals surface area contributed by atoms with E-state index in [0.29, 0.717) is 11.4 Å². The molecule has 22 heavy (non-hydrogen) atoms. The summed E-state index contributed by atoms with van der Waals surface area (Å²) in [5.41, 5.74) is 2.42. The first kappa shape index (κ1) is 13.9. The van der Waals surface area contributed by atoms with E-state index in [1.807, 2.05) is 31.2 Å². The average Bonchev–Trinajstić information content (AvgIpc) is 3.03. The molecule has 3 rings (SSSR count). The van der Waals surface area contributed by atoms with Crippen LogP contribution in [0.3, 0.4) is 0 Å². The van der Waals surface area contributed by atoms with Crippen molar-refractivity contribution < 1.29 is 14.1 Å². The molecule has 0 bridgehead atoms. The Morgan fingerprint density at radius 1 is 1.14 bits per heavy atom. The summed E-state index contributed by atoms with van der Waals surface area (Å²) in [6, 6.07) is 10.9. The summed E-state index contributed by atoms with van der Waals surface area (Å²) in [6.45, 7) is 1.93. The molecule has 0 spiro atoms. The van der Waals surface area contributed by atoms with Crippen LogP contribution in [0.25, 0.3) is 11.4 Å². The van der Waals surface area contributed by atoms with Crippen LogP contribution in [-0.4, -0.2) is 21.1 Å². The van der Waals surface area contributed by atoms with Crippen LogP contribution >= 0.6 is 0 Å². The number of rotatable bonds is 4. The number of aromatic nitrogens is 3. The van der Waals surface area contributed by atoms with E-state index in [2.05, 4.69) is 15.1 Å². The van der Waals surface area contributed by atoms with E-state index in [1.165, 1.54) is 12.4 Å². The highest BCUT2D eigenvalue weighted by atomic mass is 16.6. The number of carbonyl (C=O) groups excluding carboxylic acids is 1. The lowest BCUT2D eigenvalue weighted by Gasteiger charge is -2.00. The van der Waals surface area contributed by atoms with E-state index in [-0.39, 0.29) is 12.5 Å². The maximum Gasteiger partial charge on any atom is 0.338 e. The Kier molecular flexibility index (Phi) is 3.91. The third-order valence-corrected chi connectivity index (χ3v) is 3.02. The molecule has 0 amide bonds. The molecule has 0 saturated heterocycles. The van der Waals surface area contributed by atoms with Gasteiger partial charge in [-0.15, -0.1) is 0 Å². The molecule has 0 aliphatic carbocycles. The minimum Gasteiger partial charge on any atom is -0.452 e. The molecule has 6 nitrogen and oxygen atoms in total. The molecular weight excluding hydrogens is 282 g/mol. The average molecular weight is 295 g/mol. The molecule has 3 aromatic rings. The van der Waals surface area contributed by atoms with Crippen LogP contribution in [0.1, 0.15) is 21.8 Å². The predicted molar refractivity (Wildman–Crippen MR) is 77.8 cm³/mol. The number of hydrogen-bond donors (Lipinski definition) is 0. The first-order chi connectivity index (χ1) is 10.7. The Morgan fingerprint density at radius 3 is 2.59 bits per heavy atom. The van der Waals surface area contributed by atoms with E-state index < -0.39 is 5.97 Å². The van der Waals surface area contributed by atoms with Crippen molar-refractivity contribution in [2.75, 3.05) is 0 Å². The van der Waals surface area contributed by atoms with E-state index >= 15 is 0 Å². The van der Waals surface area contributed by atoms with E-state index in [0.717, 1.165) is 11.1 Å². The molecule has 1 aromatic carbocycles. The number of nitrogens with zero attached hydrogens (tertiary/aromatic N) is 3. The molecule has 0 atom stereocenters. The fraction of sp³-hybridized carbons (Fsp3) is 0.125. The second-order valence-electron chi connectivity index (χ2n) is 4.69. The van der Waals surface area contributed by atoms with Crippen LogP contribution in [0, 0.1) is 6.92 Å². The number of aryl methyl sites for hydroxylation is 1. The summed E-state index contributed by atoms with van der Waals surface area (Å²) in [5.74, 6) is 0.255. The van der Waals surface area contributed by atoms with E-state index in [4.69, 9.17) is 9.26 Å². The van der Waals surface area contributed by atoms with Crippen molar-refractivity contribution in [1.82, 2.24) is 15.1 Å². The molecule has 0 saturated carbocycles. The van der Waals surface area contributed by atoms with E-state index in [9.17, 15) is 4.79 Å². The SMILES string of the molecule is Cc1ccc(-c2noc(COC(=O)c3ccncc3)n2)cc1. The maximum atomic E-state index is 11.8. The van der Waals surface area contributed by atoms with Crippen LogP contribution < -0.4 is 0 Å². The third kappa shape index (κ3) is 3.17. The van der Waals surface area contributed by atoms with Gasteiger partial charge in [-0.2, -0.15) is 4.98 Å². The van der Waals surface area contributed by atoms with Crippen molar-refractivity contribution in [2.45, 2.75) is 13.5 Å². The quantitative estimate of drug-likeness (QED) is 0.689. The Balaban J connectivity index is 1.65. The molecule has 0 aliphatic rings. The van der Waals surface area contributed by atoms with Crippen LogP contribution in [0.2, 0.25) is 0 Å². The normalized spacial score (nSPS) is 10.4. The highest BCUT2D eigenvalue weighted by Gasteiger charge is 2.12. The minimum absolute atomic E-state index is 0.0694. The first-order valence-electron chi connectivity index (χ1n) is 6.69. The number of esters is 1. The van der Waals surface area contributed by atoms with Gasteiger partial charge in [0.15, 0.2) is 6.61 Å². The molecule has 2 heterocycles. The van der Waals surface area contributed by atoms with Gasteiger partial charge in [0.25, 0.3) is 5.89 Å². The molecule has 0 unspecified atom stereocenters. The highest BCUT2D eigenvalue weighted by molar-refractivity contribution is 5.89. The number of hydrogen-bond acceptors (Lipinski definition) is 6. The lowest BCUT2D eigenvalue weighted by Crippen LogP contribution is -2.05. The zero-order valence-corrected chi connectivity index (χ0v) is 11.9. The van der Waals surface area contributed by atoms with Gasteiger partial charge in [0.1, 0.15) is 0 Å². The van der Waals surface area contributed by atoms with Crippen LogP contribution in [-0.2, 0) is 11.3 Å². The summed E-state index contributed by atoms with van der Waals surface area (Å²) in [5, 5.41) is 3.88. The molecule has 2 aromatic heterocycles. The second-order valence-corrected chi connectivity index (χ2v) is 4.69. The maximum absolute atomic E-state index is 11.8. The number of pyridine rings is 1. The van der Waals surface area contributed by atoms with Gasteiger partial charge in [0, 0.05) is 18.0 Å². The fourth-order valence-electron chi connectivity index (χ4n) is 1.83. The summed E-state index contributed by atoms with van der Waals surface area (Å²) in [6.07, 6.45) is 3.05. The Hall–Kier alpha value is -3.02. The standard InChI is InChI=1S/C16H13N3O3/c1-11-2-4-12(5-3-11)15-18-14(22-19-15)10-21-16(20)13-6-8-17-9-7-13/h2-9H,10H2,1H3. The second kappa shape index (κ2) is 6.17. The van der Waals surface area contributed by atoms with Gasteiger partial charge >= 0.3 is 5.97 Å². The lowest BCUT2D eigenvalue weighted by molar-refractivity contribution is 0.0429. The third-order valence-electron chi connectivity index (χ3n) is 3.02. The Labute approximate surface area is 126 Å². The van der Waals surface area contributed by atoms with Crippen molar-refractivity contribution in [3.05, 3.63) is 65.8 Å². The zero-order valence-electron chi connectivity index (χ0n) is 11.9.